The number of hydrogen-bond acceptors (Lipinski definition) is 2. The van der Waals surface area contributed by atoms with Crippen LogP contribution in [0.2, 0.25) is 0 Å². The zero-order valence-electron chi connectivity index (χ0n) is 21.0. The van der Waals surface area contributed by atoms with E-state index in [2.05, 4.69) is 48.5 Å². The van der Waals surface area contributed by atoms with Crippen LogP contribution < -0.4 is 4.74 Å². The molecule has 0 aromatic heterocycles. The van der Waals surface area contributed by atoms with E-state index >= 15 is 0 Å². The second kappa shape index (κ2) is 10.4. The summed E-state index contributed by atoms with van der Waals surface area (Å²) in [6.45, 7) is 0.537. The van der Waals surface area contributed by atoms with Crippen LogP contribution in [0.4, 0.5) is 0 Å². The van der Waals surface area contributed by atoms with Crippen molar-refractivity contribution in [3.05, 3.63) is 174 Å². The van der Waals surface area contributed by atoms with Crippen molar-refractivity contribution in [3.63, 3.8) is 0 Å². The Kier molecular flexibility index (Phi) is 6.47. The molecule has 6 aromatic rings. The second-order valence-electron chi connectivity index (χ2n) is 9.45. The molecule has 0 amide bonds. The van der Waals surface area contributed by atoms with E-state index in [-0.39, 0.29) is 0 Å². The highest BCUT2D eigenvalue weighted by molar-refractivity contribution is 5.99. The monoisotopic (exact) mass is 492 g/mol. The number of fused-ring (bicyclic) bond motifs is 1. The van der Waals surface area contributed by atoms with Gasteiger partial charge in [0.2, 0.25) is 0 Å². The lowest BCUT2D eigenvalue weighted by atomic mass is 9.78. The SMILES string of the molecule is OC(c1ccccc1)(c1ccccc1)c1cccc2c(-c3ccc(OCc4ccccc4)cc3)cccc12. The second-order valence-corrected chi connectivity index (χ2v) is 9.45. The third-order valence-electron chi connectivity index (χ3n) is 7.11. The van der Waals surface area contributed by atoms with E-state index in [1.165, 1.54) is 0 Å². The molecule has 0 atom stereocenters. The summed E-state index contributed by atoms with van der Waals surface area (Å²) in [4.78, 5) is 0. The molecule has 0 fully saturated rings. The quantitative estimate of drug-likeness (QED) is 0.227. The largest absolute Gasteiger partial charge is 0.489 e. The average molecular weight is 493 g/mol. The highest BCUT2D eigenvalue weighted by Gasteiger charge is 2.35. The summed E-state index contributed by atoms with van der Waals surface area (Å²) in [7, 11) is 0. The maximum Gasteiger partial charge on any atom is 0.141 e. The predicted molar refractivity (Wildman–Crippen MR) is 155 cm³/mol. The molecule has 1 N–H and O–H groups in total. The Balaban J connectivity index is 1.41. The molecule has 0 unspecified atom stereocenters. The van der Waals surface area contributed by atoms with Crippen molar-refractivity contribution in [2.45, 2.75) is 12.2 Å². The summed E-state index contributed by atoms with van der Waals surface area (Å²) in [5.74, 6) is 0.834. The van der Waals surface area contributed by atoms with Gasteiger partial charge in [0, 0.05) is 5.56 Å². The Labute approximate surface area is 223 Å². The highest BCUT2D eigenvalue weighted by Crippen LogP contribution is 2.41. The van der Waals surface area contributed by atoms with Gasteiger partial charge in [-0.1, -0.05) is 140 Å². The van der Waals surface area contributed by atoms with E-state index in [1.54, 1.807) is 0 Å². The molecule has 6 aromatic carbocycles. The van der Waals surface area contributed by atoms with Crippen LogP contribution in [-0.2, 0) is 12.2 Å². The summed E-state index contributed by atoms with van der Waals surface area (Å²) in [5, 5.41) is 14.6. The first-order chi connectivity index (χ1) is 18.7. The van der Waals surface area contributed by atoms with Gasteiger partial charge in [0.25, 0.3) is 0 Å². The minimum atomic E-state index is -1.30. The number of ether oxygens (including phenoxy) is 1. The molecule has 0 aliphatic rings. The molecule has 0 saturated carbocycles. The fourth-order valence-corrected chi connectivity index (χ4v) is 5.19. The van der Waals surface area contributed by atoms with Crippen molar-refractivity contribution in [1.82, 2.24) is 0 Å². The molecular formula is C36H28O2. The Morgan fingerprint density at radius 1 is 0.500 bits per heavy atom. The predicted octanol–water partition coefficient (Wildman–Crippen LogP) is 8.37. The van der Waals surface area contributed by atoms with Gasteiger partial charge in [0.1, 0.15) is 18.0 Å². The van der Waals surface area contributed by atoms with Crippen LogP contribution in [0, 0.1) is 0 Å². The lowest BCUT2D eigenvalue weighted by Gasteiger charge is -2.31. The minimum absolute atomic E-state index is 0.537. The van der Waals surface area contributed by atoms with E-state index in [4.69, 9.17) is 4.74 Å². The zero-order chi connectivity index (χ0) is 25.8. The number of rotatable bonds is 7. The van der Waals surface area contributed by atoms with Gasteiger partial charge in [-0.25, -0.2) is 0 Å². The van der Waals surface area contributed by atoms with Gasteiger partial charge in [-0.3, -0.25) is 0 Å². The van der Waals surface area contributed by atoms with Gasteiger partial charge in [0.05, 0.1) is 0 Å². The van der Waals surface area contributed by atoms with Crippen molar-refractivity contribution in [1.29, 1.82) is 0 Å². The summed E-state index contributed by atoms with van der Waals surface area (Å²) in [6, 6.07) is 50.7. The summed E-state index contributed by atoms with van der Waals surface area (Å²) in [6.07, 6.45) is 0. The van der Waals surface area contributed by atoms with Gasteiger partial charge in [-0.2, -0.15) is 0 Å². The molecule has 0 bridgehead atoms. The zero-order valence-corrected chi connectivity index (χ0v) is 21.0. The van der Waals surface area contributed by atoms with Gasteiger partial charge in [0.15, 0.2) is 0 Å². The van der Waals surface area contributed by atoms with E-state index in [9.17, 15) is 5.11 Å². The summed E-state index contributed by atoms with van der Waals surface area (Å²) in [5.41, 5.74) is 4.59. The van der Waals surface area contributed by atoms with Gasteiger partial charge >= 0.3 is 0 Å². The molecule has 6 rings (SSSR count). The molecule has 2 heteroatoms. The molecule has 0 spiro atoms. The minimum Gasteiger partial charge on any atom is -0.489 e. The van der Waals surface area contributed by atoms with Crippen molar-refractivity contribution < 1.29 is 9.84 Å². The smallest absolute Gasteiger partial charge is 0.141 e. The molecule has 184 valence electrons. The number of benzene rings is 6. The lowest BCUT2D eigenvalue weighted by Crippen LogP contribution is -2.29. The first kappa shape index (κ1) is 23.7. The topological polar surface area (TPSA) is 29.5 Å². The van der Waals surface area contributed by atoms with Crippen LogP contribution in [0.1, 0.15) is 22.3 Å². The highest BCUT2D eigenvalue weighted by atomic mass is 16.5. The fourth-order valence-electron chi connectivity index (χ4n) is 5.19. The maximum absolute atomic E-state index is 12.5. The Morgan fingerprint density at radius 2 is 1.05 bits per heavy atom. The van der Waals surface area contributed by atoms with E-state index < -0.39 is 5.60 Å². The molecule has 0 aliphatic heterocycles. The van der Waals surface area contributed by atoms with Gasteiger partial charge in [-0.15, -0.1) is 0 Å². The first-order valence-electron chi connectivity index (χ1n) is 12.9. The molecule has 0 radical (unpaired) electrons. The van der Waals surface area contributed by atoms with E-state index in [1.807, 2.05) is 103 Å². The third-order valence-corrected chi connectivity index (χ3v) is 7.11. The van der Waals surface area contributed by atoms with Crippen LogP contribution in [0.3, 0.4) is 0 Å². The molecular weight excluding hydrogens is 464 g/mol. The third kappa shape index (κ3) is 4.47. The van der Waals surface area contributed by atoms with Gasteiger partial charge < -0.3 is 9.84 Å². The Bertz CT molecular complexity index is 1600. The molecule has 0 saturated heterocycles. The lowest BCUT2D eigenvalue weighted by molar-refractivity contribution is 0.127. The summed E-state index contributed by atoms with van der Waals surface area (Å²) >= 11 is 0. The Morgan fingerprint density at radius 3 is 1.68 bits per heavy atom. The molecule has 0 heterocycles. The van der Waals surface area contributed by atoms with Crippen LogP contribution in [0.5, 0.6) is 5.75 Å². The fraction of sp³-hybridized carbons (Fsp3) is 0.0556. The normalized spacial score (nSPS) is 11.4. The van der Waals surface area contributed by atoms with Crippen LogP contribution in [0.25, 0.3) is 21.9 Å². The molecule has 38 heavy (non-hydrogen) atoms. The standard InChI is InChI=1S/C36H28O2/c37-36(29-14-6-2-7-15-29,30-16-8-3-9-17-30)35-21-11-19-33-32(18-10-20-34(33)35)28-22-24-31(25-23-28)38-26-27-12-4-1-5-13-27/h1-25,37H,26H2. The molecule has 2 nitrogen and oxygen atoms in total. The van der Waals surface area contributed by atoms with E-state index in [0.29, 0.717) is 6.61 Å². The molecule has 0 aliphatic carbocycles. The van der Waals surface area contributed by atoms with Crippen molar-refractivity contribution >= 4 is 10.8 Å². The van der Waals surface area contributed by atoms with Gasteiger partial charge in [-0.05, 0) is 50.7 Å². The van der Waals surface area contributed by atoms with Crippen LogP contribution >= 0.6 is 0 Å². The average Bonchev–Trinajstić information content (AvgIpc) is 3.01. The number of aliphatic hydroxyl groups is 1. The Hall–Kier alpha value is -4.66. The summed E-state index contributed by atoms with van der Waals surface area (Å²) < 4.78 is 6.00. The maximum atomic E-state index is 12.5. The number of hydrogen-bond donors (Lipinski definition) is 1. The van der Waals surface area contributed by atoms with Crippen molar-refractivity contribution in [2.75, 3.05) is 0 Å². The van der Waals surface area contributed by atoms with Crippen molar-refractivity contribution in [2.24, 2.45) is 0 Å². The first-order valence-corrected chi connectivity index (χ1v) is 12.9. The van der Waals surface area contributed by atoms with Crippen LogP contribution in [0.15, 0.2) is 152 Å². The van der Waals surface area contributed by atoms with Crippen molar-refractivity contribution in [3.8, 4) is 16.9 Å². The van der Waals surface area contributed by atoms with E-state index in [0.717, 1.165) is 49.9 Å². The van der Waals surface area contributed by atoms with Crippen LogP contribution in [-0.4, -0.2) is 5.11 Å².